The zero-order valence-electron chi connectivity index (χ0n) is 11.3. The van der Waals surface area contributed by atoms with Crippen molar-refractivity contribution in [2.75, 3.05) is 7.11 Å². The monoisotopic (exact) mass is 324 g/mol. The van der Waals surface area contributed by atoms with Gasteiger partial charge in [0, 0.05) is 15.6 Å². The van der Waals surface area contributed by atoms with Crippen molar-refractivity contribution in [2.45, 2.75) is 12.3 Å². The molecule has 2 aromatic rings. The number of rotatable bonds is 5. The van der Waals surface area contributed by atoms with Gasteiger partial charge in [0.05, 0.1) is 13.0 Å². The van der Waals surface area contributed by atoms with Crippen LogP contribution in [0.5, 0.6) is 5.75 Å². The molecule has 0 aliphatic heterocycles. The van der Waals surface area contributed by atoms with Gasteiger partial charge in [-0.2, -0.15) is 0 Å². The number of methoxy groups -OCH3 is 1. The summed E-state index contributed by atoms with van der Waals surface area (Å²) in [4.78, 5) is 11.7. The first kappa shape index (κ1) is 15.7. The fraction of sp³-hybridized carbons (Fsp3) is 0.188. The summed E-state index contributed by atoms with van der Waals surface area (Å²) in [6.45, 7) is 0. The number of halogens is 2. The van der Waals surface area contributed by atoms with Crippen LogP contribution in [-0.2, 0) is 11.2 Å². The maximum Gasteiger partial charge on any atom is 0.311 e. The summed E-state index contributed by atoms with van der Waals surface area (Å²) < 4.78 is 5.26. The first-order chi connectivity index (χ1) is 10.0. The molecule has 1 atom stereocenters. The number of carbonyl (C=O) groups is 1. The first-order valence-corrected chi connectivity index (χ1v) is 7.08. The van der Waals surface area contributed by atoms with Crippen LogP contribution < -0.4 is 4.74 Å². The van der Waals surface area contributed by atoms with Crippen LogP contribution in [0.4, 0.5) is 0 Å². The van der Waals surface area contributed by atoms with E-state index in [9.17, 15) is 9.90 Å². The Labute approximate surface area is 133 Å². The molecule has 110 valence electrons. The fourth-order valence-corrected chi connectivity index (χ4v) is 2.91. The van der Waals surface area contributed by atoms with E-state index in [1.807, 2.05) is 18.2 Å². The molecule has 3 nitrogen and oxygen atoms in total. The molecule has 0 radical (unpaired) electrons. The molecule has 0 aliphatic rings. The highest BCUT2D eigenvalue weighted by atomic mass is 35.5. The Morgan fingerprint density at radius 2 is 1.76 bits per heavy atom. The highest BCUT2D eigenvalue weighted by Crippen LogP contribution is 2.35. The quantitative estimate of drug-likeness (QED) is 0.885. The SMILES string of the molecule is COc1ccccc1CC(C(=O)O)c1c(Cl)cccc1Cl. The third-order valence-electron chi connectivity index (χ3n) is 3.26. The molecule has 0 aromatic heterocycles. The lowest BCUT2D eigenvalue weighted by atomic mass is 9.91. The van der Waals surface area contributed by atoms with Crippen LogP contribution in [0.1, 0.15) is 17.0 Å². The summed E-state index contributed by atoms with van der Waals surface area (Å²) >= 11 is 12.3. The molecule has 0 bridgehead atoms. The molecule has 0 saturated heterocycles. The summed E-state index contributed by atoms with van der Waals surface area (Å²) in [6.07, 6.45) is 0.253. The van der Waals surface area contributed by atoms with E-state index >= 15 is 0 Å². The zero-order chi connectivity index (χ0) is 15.4. The number of benzene rings is 2. The molecule has 5 heteroatoms. The van der Waals surface area contributed by atoms with Crippen molar-refractivity contribution in [1.29, 1.82) is 0 Å². The van der Waals surface area contributed by atoms with Crippen molar-refractivity contribution in [1.82, 2.24) is 0 Å². The van der Waals surface area contributed by atoms with Gasteiger partial charge in [0.15, 0.2) is 0 Å². The number of aliphatic carboxylic acids is 1. The fourth-order valence-electron chi connectivity index (χ4n) is 2.25. The number of ether oxygens (including phenoxy) is 1. The summed E-state index contributed by atoms with van der Waals surface area (Å²) in [6, 6.07) is 12.3. The molecule has 2 rings (SSSR count). The average Bonchev–Trinajstić information content (AvgIpc) is 2.46. The van der Waals surface area contributed by atoms with E-state index in [-0.39, 0.29) is 6.42 Å². The maximum absolute atomic E-state index is 11.7. The predicted octanol–water partition coefficient (Wildman–Crippen LogP) is 4.41. The smallest absolute Gasteiger partial charge is 0.311 e. The van der Waals surface area contributed by atoms with Crippen molar-refractivity contribution >= 4 is 29.2 Å². The van der Waals surface area contributed by atoms with Crippen LogP contribution in [0.25, 0.3) is 0 Å². The van der Waals surface area contributed by atoms with Gasteiger partial charge in [-0.05, 0) is 30.2 Å². The van der Waals surface area contributed by atoms with Crippen LogP contribution in [0, 0.1) is 0 Å². The highest BCUT2D eigenvalue weighted by Gasteiger charge is 2.26. The second-order valence-corrected chi connectivity index (χ2v) is 5.36. The van der Waals surface area contributed by atoms with E-state index in [0.717, 1.165) is 5.56 Å². The molecule has 0 spiro atoms. The highest BCUT2D eigenvalue weighted by molar-refractivity contribution is 6.36. The van der Waals surface area contributed by atoms with Crippen LogP contribution in [-0.4, -0.2) is 18.2 Å². The minimum absolute atomic E-state index is 0.253. The van der Waals surface area contributed by atoms with Crippen molar-refractivity contribution in [3.05, 3.63) is 63.6 Å². The molecule has 0 aliphatic carbocycles. The third-order valence-corrected chi connectivity index (χ3v) is 3.92. The Balaban J connectivity index is 2.43. The van der Waals surface area contributed by atoms with Gasteiger partial charge >= 0.3 is 5.97 Å². The van der Waals surface area contributed by atoms with E-state index in [2.05, 4.69) is 0 Å². The van der Waals surface area contributed by atoms with Crippen LogP contribution in [0.15, 0.2) is 42.5 Å². The molecular formula is C16H14Cl2O3. The van der Waals surface area contributed by atoms with Crippen LogP contribution >= 0.6 is 23.2 Å². The van der Waals surface area contributed by atoms with Gasteiger partial charge in [0.25, 0.3) is 0 Å². The lowest BCUT2D eigenvalue weighted by Gasteiger charge is -2.17. The van der Waals surface area contributed by atoms with Crippen molar-refractivity contribution in [2.24, 2.45) is 0 Å². The van der Waals surface area contributed by atoms with E-state index < -0.39 is 11.9 Å². The van der Waals surface area contributed by atoms with Gasteiger partial charge in [-0.25, -0.2) is 0 Å². The Bertz CT molecular complexity index is 635. The lowest BCUT2D eigenvalue weighted by molar-refractivity contribution is -0.138. The average molecular weight is 325 g/mol. The Kier molecular flexibility index (Phi) is 5.10. The van der Waals surface area contributed by atoms with Crippen molar-refractivity contribution < 1.29 is 14.6 Å². The van der Waals surface area contributed by atoms with Gasteiger partial charge in [-0.1, -0.05) is 47.5 Å². The Hall–Kier alpha value is -1.71. The number of hydrogen-bond acceptors (Lipinski definition) is 2. The standard InChI is InChI=1S/C16H14Cl2O3/c1-21-14-8-3-2-5-10(14)9-11(16(19)20)15-12(17)6-4-7-13(15)18/h2-8,11H,9H2,1H3,(H,19,20). The van der Waals surface area contributed by atoms with Gasteiger partial charge in [0.2, 0.25) is 0 Å². The number of carboxylic acids is 1. The zero-order valence-corrected chi connectivity index (χ0v) is 12.9. The van der Waals surface area contributed by atoms with Gasteiger partial charge in [-0.3, -0.25) is 4.79 Å². The summed E-state index contributed by atoms with van der Waals surface area (Å²) in [7, 11) is 1.55. The first-order valence-electron chi connectivity index (χ1n) is 6.33. The predicted molar refractivity (Wildman–Crippen MR) is 83.5 cm³/mol. The molecule has 1 N–H and O–H groups in total. The van der Waals surface area contributed by atoms with Crippen LogP contribution in [0.2, 0.25) is 10.0 Å². The van der Waals surface area contributed by atoms with Gasteiger partial charge < -0.3 is 9.84 Å². The third kappa shape index (κ3) is 3.49. The number of carboxylic acid groups (broad SMARTS) is 1. The summed E-state index contributed by atoms with van der Waals surface area (Å²) in [5.41, 5.74) is 1.22. The molecule has 2 aromatic carbocycles. The Morgan fingerprint density at radius 3 is 2.33 bits per heavy atom. The van der Waals surface area contributed by atoms with E-state index in [0.29, 0.717) is 21.4 Å². The second-order valence-electron chi connectivity index (χ2n) is 4.54. The molecule has 0 amide bonds. The minimum atomic E-state index is -0.976. The van der Waals surface area contributed by atoms with E-state index in [4.69, 9.17) is 27.9 Å². The summed E-state index contributed by atoms with van der Waals surface area (Å²) in [5, 5.41) is 10.2. The van der Waals surface area contributed by atoms with E-state index in [1.54, 1.807) is 31.4 Å². The molecule has 21 heavy (non-hydrogen) atoms. The lowest BCUT2D eigenvalue weighted by Crippen LogP contribution is -2.16. The van der Waals surface area contributed by atoms with Gasteiger partial charge in [-0.15, -0.1) is 0 Å². The number of hydrogen-bond donors (Lipinski definition) is 1. The molecule has 1 unspecified atom stereocenters. The van der Waals surface area contributed by atoms with Crippen molar-refractivity contribution in [3.63, 3.8) is 0 Å². The largest absolute Gasteiger partial charge is 0.496 e. The molecule has 0 heterocycles. The maximum atomic E-state index is 11.7. The summed E-state index contributed by atoms with van der Waals surface area (Å²) in [5.74, 6) is -1.16. The second kappa shape index (κ2) is 6.83. The van der Waals surface area contributed by atoms with E-state index in [1.165, 1.54) is 0 Å². The Morgan fingerprint density at radius 1 is 1.14 bits per heavy atom. The number of para-hydroxylation sites is 1. The van der Waals surface area contributed by atoms with Crippen LogP contribution in [0.3, 0.4) is 0 Å². The molecule has 0 fully saturated rings. The normalized spacial score (nSPS) is 12.0. The minimum Gasteiger partial charge on any atom is -0.496 e. The van der Waals surface area contributed by atoms with Gasteiger partial charge in [0.1, 0.15) is 5.75 Å². The topological polar surface area (TPSA) is 46.5 Å². The molecule has 0 saturated carbocycles. The molecular weight excluding hydrogens is 311 g/mol. The van der Waals surface area contributed by atoms with Crippen molar-refractivity contribution in [3.8, 4) is 5.75 Å².